The number of hydrogen-bond donors (Lipinski definition) is 2. The summed E-state index contributed by atoms with van der Waals surface area (Å²) < 4.78 is 60.0. The second-order valence-corrected chi connectivity index (χ2v) is 7.42. The molecule has 0 radical (unpaired) electrons. The first kappa shape index (κ1) is 19.7. The molecule has 1 aromatic carbocycles. The van der Waals surface area contributed by atoms with E-state index < -0.39 is 27.5 Å². The van der Waals surface area contributed by atoms with Crippen LogP contribution in [0.2, 0.25) is 0 Å². The van der Waals surface area contributed by atoms with Crippen LogP contribution in [0.25, 0.3) is 0 Å². The molecule has 0 aliphatic rings. The number of carbonyl (C=O) groups is 1. The lowest BCUT2D eigenvalue weighted by Crippen LogP contribution is -2.28. The van der Waals surface area contributed by atoms with Gasteiger partial charge < -0.3 is 10.6 Å². The largest absolute Gasteiger partial charge is 0.417 e. The van der Waals surface area contributed by atoms with Gasteiger partial charge in [-0.2, -0.15) is 13.2 Å². The summed E-state index contributed by atoms with van der Waals surface area (Å²) in [5, 5.41) is 5.39. The first-order valence-electron chi connectivity index (χ1n) is 7.43. The van der Waals surface area contributed by atoms with Crippen molar-refractivity contribution in [2.45, 2.75) is 11.1 Å². The van der Waals surface area contributed by atoms with Gasteiger partial charge in [-0.05, 0) is 36.4 Å². The van der Waals surface area contributed by atoms with Crippen LogP contribution in [0.3, 0.4) is 0 Å². The standard InChI is InChI=1S/C16H16F3N3O3S/c1-26(24,25)13-5-2-11(3-6-13)15(23)21-9-8-20-14-7-4-12(10-22-14)16(17,18)19/h2-7,10H,8-9H2,1H3,(H,20,22)(H,21,23). The number of hydrogen-bond acceptors (Lipinski definition) is 5. The molecule has 0 spiro atoms. The lowest BCUT2D eigenvalue weighted by molar-refractivity contribution is -0.137. The number of pyridine rings is 1. The molecule has 1 amide bonds. The highest BCUT2D eigenvalue weighted by Crippen LogP contribution is 2.28. The molecule has 2 rings (SSSR count). The molecular weight excluding hydrogens is 371 g/mol. The topological polar surface area (TPSA) is 88.2 Å². The molecule has 0 aliphatic carbocycles. The van der Waals surface area contributed by atoms with E-state index in [9.17, 15) is 26.4 Å². The Balaban J connectivity index is 1.81. The van der Waals surface area contributed by atoms with Crippen LogP contribution in [0.15, 0.2) is 47.5 Å². The highest BCUT2D eigenvalue weighted by Gasteiger charge is 2.30. The van der Waals surface area contributed by atoms with Crippen molar-refractivity contribution in [2.24, 2.45) is 0 Å². The van der Waals surface area contributed by atoms with Crippen LogP contribution in [-0.4, -0.2) is 38.7 Å². The minimum absolute atomic E-state index is 0.115. The smallest absolute Gasteiger partial charge is 0.368 e. The number of benzene rings is 1. The Bertz CT molecular complexity index is 864. The van der Waals surface area contributed by atoms with Gasteiger partial charge in [0.05, 0.1) is 10.5 Å². The molecule has 0 saturated heterocycles. The highest BCUT2D eigenvalue weighted by atomic mass is 32.2. The van der Waals surface area contributed by atoms with E-state index in [1.54, 1.807) is 0 Å². The molecule has 10 heteroatoms. The van der Waals surface area contributed by atoms with Gasteiger partial charge >= 0.3 is 6.18 Å². The summed E-state index contributed by atoms with van der Waals surface area (Å²) in [4.78, 5) is 15.7. The Kier molecular flexibility index (Phi) is 5.86. The van der Waals surface area contributed by atoms with Crippen molar-refractivity contribution in [2.75, 3.05) is 24.7 Å². The minimum atomic E-state index is -4.44. The number of carbonyl (C=O) groups excluding carboxylic acids is 1. The van der Waals surface area contributed by atoms with Crippen molar-refractivity contribution in [3.05, 3.63) is 53.7 Å². The summed E-state index contributed by atoms with van der Waals surface area (Å²) in [6, 6.07) is 7.60. The quantitative estimate of drug-likeness (QED) is 0.743. The van der Waals surface area contributed by atoms with Crippen molar-refractivity contribution >= 4 is 21.6 Å². The van der Waals surface area contributed by atoms with E-state index in [0.717, 1.165) is 18.5 Å². The molecule has 1 heterocycles. The molecule has 140 valence electrons. The number of aromatic nitrogens is 1. The summed E-state index contributed by atoms with van der Waals surface area (Å²) in [6.07, 6.45) is -2.64. The number of nitrogens with zero attached hydrogens (tertiary/aromatic N) is 1. The average molecular weight is 387 g/mol. The van der Waals surface area contributed by atoms with Crippen LogP contribution in [0.5, 0.6) is 0 Å². The van der Waals surface area contributed by atoms with Gasteiger partial charge in [-0.3, -0.25) is 4.79 Å². The molecule has 26 heavy (non-hydrogen) atoms. The fourth-order valence-corrected chi connectivity index (χ4v) is 2.62. The lowest BCUT2D eigenvalue weighted by Gasteiger charge is -2.09. The van der Waals surface area contributed by atoms with E-state index in [4.69, 9.17) is 0 Å². The van der Waals surface area contributed by atoms with Gasteiger partial charge in [-0.15, -0.1) is 0 Å². The Hall–Kier alpha value is -2.62. The second kappa shape index (κ2) is 7.73. The Morgan fingerprint density at radius 1 is 1.08 bits per heavy atom. The maximum absolute atomic E-state index is 12.4. The number of amides is 1. The van der Waals surface area contributed by atoms with Crippen molar-refractivity contribution in [1.29, 1.82) is 0 Å². The van der Waals surface area contributed by atoms with Gasteiger partial charge in [-0.1, -0.05) is 0 Å². The van der Waals surface area contributed by atoms with Gasteiger partial charge in [0, 0.05) is 31.1 Å². The third-order valence-corrected chi connectivity index (χ3v) is 4.48. The zero-order valence-electron chi connectivity index (χ0n) is 13.7. The maximum Gasteiger partial charge on any atom is 0.417 e. The fourth-order valence-electron chi connectivity index (χ4n) is 1.99. The average Bonchev–Trinajstić information content (AvgIpc) is 2.57. The summed E-state index contributed by atoms with van der Waals surface area (Å²) in [6.45, 7) is 0.459. The molecule has 0 saturated carbocycles. The molecule has 0 atom stereocenters. The molecule has 6 nitrogen and oxygen atoms in total. The number of halogens is 3. The minimum Gasteiger partial charge on any atom is -0.368 e. The highest BCUT2D eigenvalue weighted by molar-refractivity contribution is 7.90. The summed E-state index contributed by atoms with van der Waals surface area (Å²) in [5.41, 5.74) is -0.543. The fraction of sp³-hybridized carbons (Fsp3) is 0.250. The summed E-state index contributed by atoms with van der Waals surface area (Å²) in [7, 11) is -3.33. The van der Waals surface area contributed by atoms with E-state index >= 15 is 0 Å². The molecule has 2 N–H and O–H groups in total. The van der Waals surface area contributed by atoms with Crippen molar-refractivity contribution < 1.29 is 26.4 Å². The number of sulfone groups is 1. The first-order chi connectivity index (χ1) is 12.1. The Morgan fingerprint density at radius 2 is 1.73 bits per heavy atom. The molecule has 1 aromatic heterocycles. The van der Waals surface area contributed by atoms with Crippen LogP contribution in [-0.2, 0) is 16.0 Å². The zero-order valence-corrected chi connectivity index (χ0v) is 14.5. The maximum atomic E-state index is 12.4. The van der Waals surface area contributed by atoms with E-state index in [1.165, 1.54) is 30.3 Å². The van der Waals surface area contributed by atoms with Gasteiger partial charge in [0.25, 0.3) is 5.91 Å². The second-order valence-electron chi connectivity index (χ2n) is 5.41. The normalized spacial score (nSPS) is 11.8. The third kappa shape index (κ3) is 5.45. The number of alkyl halides is 3. The van der Waals surface area contributed by atoms with E-state index in [0.29, 0.717) is 5.56 Å². The van der Waals surface area contributed by atoms with Crippen molar-refractivity contribution in [3.63, 3.8) is 0 Å². The van der Waals surface area contributed by atoms with Crippen LogP contribution < -0.4 is 10.6 Å². The van der Waals surface area contributed by atoms with Gasteiger partial charge in [0.1, 0.15) is 5.82 Å². The number of anilines is 1. The number of nitrogens with one attached hydrogen (secondary N) is 2. The lowest BCUT2D eigenvalue weighted by atomic mass is 10.2. The van der Waals surface area contributed by atoms with E-state index in [-0.39, 0.29) is 23.8 Å². The Morgan fingerprint density at radius 3 is 2.23 bits per heavy atom. The predicted molar refractivity (Wildman–Crippen MR) is 89.6 cm³/mol. The predicted octanol–water partition coefficient (Wildman–Crippen LogP) is 2.35. The van der Waals surface area contributed by atoms with Crippen molar-refractivity contribution in [1.82, 2.24) is 10.3 Å². The zero-order chi connectivity index (χ0) is 19.4. The van der Waals surface area contributed by atoms with Crippen LogP contribution in [0, 0.1) is 0 Å². The molecule has 2 aromatic rings. The first-order valence-corrected chi connectivity index (χ1v) is 9.32. The van der Waals surface area contributed by atoms with Crippen LogP contribution in [0.4, 0.5) is 19.0 Å². The van der Waals surface area contributed by atoms with Crippen molar-refractivity contribution in [3.8, 4) is 0 Å². The third-order valence-electron chi connectivity index (χ3n) is 3.35. The molecule has 0 bridgehead atoms. The molecule has 0 unspecified atom stereocenters. The molecular formula is C16H16F3N3O3S. The summed E-state index contributed by atoms with van der Waals surface area (Å²) in [5.74, 6) is -0.142. The van der Waals surface area contributed by atoms with Crippen LogP contribution in [0.1, 0.15) is 15.9 Å². The van der Waals surface area contributed by atoms with E-state index in [2.05, 4.69) is 15.6 Å². The Labute approximate surface area is 148 Å². The van der Waals surface area contributed by atoms with Gasteiger partial charge in [-0.25, -0.2) is 13.4 Å². The monoisotopic (exact) mass is 387 g/mol. The van der Waals surface area contributed by atoms with Crippen LogP contribution >= 0.6 is 0 Å². The van der Waals surface area contributed by atoms with Gasteiger partial charge in [0.2, 0.25) is 0 Å². The summed E-state index contributed by atoms with van der Waals surface area (Å²) >= 11 is 0. The molecule has 0 aliphatic heterocycles. The number of rotatable bonds is 6. The van der Waals surface area contributed by atoms with Gasteiger partial charge in [0.15, 0.2) is 9.84 Å². The molecule has 0 fully saturated rings. The SMILES string of the molecule is CS(=O)(=O)c1ccc(C(=O)NCCNc2ccc(C(F)(F)F)cn2)cc1. The van der Waals surface area contributed by atoms with E-state index in [1.807, 2.05) is 0 Å².